The maximum Gasteiger partial charge on any atom is 0.348 e. The van der Waals surface area contributed by atoms with Gasteiger partial charge in [-0.05, 0) is 57.8 Å². The van der Waals surface area contributed by atoms with Crippen LogP contribution in [0.25, 0.3) is 0 Å². The third kappa shape index (κ3) is 5.72. The number of hydrogen-bond acceptors (Lipinski definition) is 3. The molecular weight excluding hydrogens is 629 g/mol. The molecule has 3 aromatic rings. The van der Waals surface area contributed by atoms with Crippen LogP contribution in [0.3, 0.4) is 0 Å². The molecule has 36 heavy (non-hydrogen) atoms. The molecule has 6 heteroatoms. The van der Waals surface area contributed by atoms with Crippen LogP contribution >= 0.6 is 22.6 Å². The molecule has 0 saturated carbocycles. The van der Waals surface area contributed by atoms with Gasteiger partial charge in [0.1, 0.15) is 6.54 Å². The van der Waals surface area contributed by atoms with Gasteiger partial charge in [0.05, 0.1) is 19.6 Å². The maximum absolute atomic E-state index is 13.7. The van der Waals surface area contributed by atoms with E-state index in [1.807, 2.05) is 36.4 Å². The molecule has 2 bridgehead atoms. The lowest BCUT2D eigenvalue weighted by Crippen LogP contribution is -3.00. The van der Waals surface area contributed by atoms with Crippen LogP contribution in [0.5, 0.6) is 0 Å². The van der Waals surface area contributed by atoms with E-state index in [0.29, 0.717) is 17.0 Å². The molecule has 4 nitrogen and oxygen atoms in total. The highest BCUT2D eigenvalue weighted by atomic mass is 127. The number of fused-ring (bicyclic) bond motifs is 3. The first-order valence-corrected chi connectivity index (χ1v) is 13.7. The third-order valence-corrected chi connectivity index (χ3v) is 8.71. The fourth-order valence-corrected chi connectivity index (χ4v) is 6.28. The molecule has 3 fully saturated rings. The van der Waals surface area contributed by atoms with Crippen LogP contribution in [-0.4, -0.2) is 47.8 Å². The van der Waals surface area contributed by atoms with Crippen molar-refractivity contribution in [3.63, 3.8) is 0 Å². The fourth-order valence-electron chi connectivity index (χ4n) is 5.92. The normalized spacial score (nSPS) is 23.1. The number of aliphatic hydroxyl groups is 1. The van der Waals surface area contributed by atoms with E-state index in [4.69, 9.17) is 4.74 Å². The lowest BCUT2D eigenvalue weighted by molar-refractivity contribution is -0.946. The Labute approximate surface area is 238 Å². The number of aryl methyl sites for hydroxylation is 1. The summed E-state index contributed by atoms with van der Waals surface area (Å²) in [6.07, 6.45) is 4.21. The second kappa shape index (κ2) is 11.8. The zero-order valence-corrected chi connectivity index (χ0v) is 24.1. The summed E-state index contributed by atoms with van der Waals surface area (Å²) in [5, 5.41) is 11.8. The van der Waals surface area contributed by atoms with E-state index in [1.165, 1.54) is 9.13 Å². The summed E-state index contributed by atoms with van der Waals surface area (Å²) in [5.74, 6) is -0.184. The number of carbonyl (C=O) groups is 1. The number of ether oxygens (including phenoxy) is 1. The van der Waals surface area contributed by atoms with Crippen molar-refractivity contribution >= 4 is 28.6 Å². The predicted octanol–water partition coefficient (Wildman–Crippen LogP) is 2.32. The van der Waals surface area contributed by atoms with Crippen molar-refractivity contribution in [1.82, 2.24) is 0 Å². The van der Waals surface area contributed by atoms with Crippen molar-refractivity contribution in [3.8, 4) is 0 Å². The van der Waals surface area contributed by atoms with Crippen molar-refractivity contribution in [2.24, 2.45) is 5.92 Å². The van der Waals surface area contributed by atoms with Crippen LogP contribution in [-0.2, 0) is 21.6 Å². The summed E-state index contributed by atoms with van der Waals surface area (Å²) in [6, 6.07) is 27.1. The summed E-state index contributed by atoms with van der Waals surface area (Å²) >= 11 is 2.34. The van der Waals surface area contributed by atoms with Crippen LogP contribution in [0.15, 0.2) is 84.9 Å². The highest BCUT2D eigenvalue weighted by Crippen LogP contribution is 2.38. The Hall–Kier alpha value is -1.74. The van der Waals surface area contributed by atoms with Crippen LogP contribution < -0.4 is 17.0 Å². The van der Waals surface area contributed by atoms with Gasteiger partial charge < -0.3 is 31.3 Å². The van der Waals surface area contributed by atoms with E-state index in [0.717, 1.165) is 56.3 Å². The van der Waals surface area contributed by atoms with Gasteiger partial charge in [-0.2, -0.15) is 0 Å². The first-order chi connectivity index (χ1) is 17.0. The topological polar surface area (TPSA) is 46.5 Å². The number of carbonyl (C=O) groups excluding carboxylic acids is 1. The van der Waals surface area contributed by atoms with Crippen LogP contribution in [0.2, 0.25) is 0 Å². The van der Waals surface area contributed by atoms with Crippen LogP contribution in [0.4, 0.5) is 0 Å². The Morgan fingerprint density at radius 1 is 0.917 bits per heavy atom. The fraction of sp³-hybridized carbons (Fsp3) is 0.367. The second-order valence-electron chi connectivity index (χ2n) is 10.1. The largest absolute Gasteiger partial charge is 1.00 e. The summed E-state index contributed by atoms with van der Waals surface area (Å²) in [4.78, 5) is 13.7. The zero-order valence-electron chi connectivity index (χ0n) is 20.4. The smallest absolute Gasteiger partial charge is 0.348 e. The van der Waals surface area contributed by atoms with E-state index in [1.54, 1.807) is 24.3 Å². The minimum absolute atomic E-state index is 0. The van der Waals surface area contributed by atoms with Gasteiger partial charge in [-0.3, -0.25) is 0 Å². The van der Waals surface area contributed by atoms with Crippen LogP contribution in [0.1, 0.15) is 36.0 Å². The van der Waals surface area contributed by atoms with Crippen molar-refractivity contribution in [2.75, 3.05) is 26.2 Å². The molecule has 190 valence electrons. The molecule has 0 amide bonds. The predicted molar refractivity (Wildman–Crippen MR) is 146 cm³/mol. The number of quaternary nitrogens is 1. The summed E-state index contributed by atoms with van der Waals surface area (Å²) in [7, 11) is 0. The summed E-state index contributed by atoms with van der Waals surface area (Å²) < 4.78 is 8.48. The van der Waals surface area contributed by atoms with Crippen LogP contribution in [0, 0.1) is 9.49 Å². The van der Waals surface area contributed by atoms with Gasteiger partial charge in [0.25, 0.3) is 0 Å². The minimum Gasteiger partial charge on any atom is -1.00 e. The molecule has 3 heterocycles. The van der Waals surface area contributed by atoms with E-state index < -0.39 is 11.6 Å². The third-order valence-electron chi connectivity index (χ3n) is 7.99. The number of nitrogens with zero attached hydrogens (tertiary/aromatic N) is 1. The van der Waals surface area contributed by atoms with Gasteiger partial charge in [-0.25, -0.2) is 4.79 Å². The highest BCUT2D eigenvalue weighted by molar-refractivity contribution is 14.1. The van der Waals surface area contributed by atoms with Gasteiger partial charge in [0.2, 0.25) is 5.60 Å². The first kappa shape index (κ1) is 27.3. The molecule has 1 unspecified atom stereocenters. The van der Waals surface area contributed by atoms with Crippen molar-refractivity contribution < 1.29 is 36.1 Å². The molecule has 6 rings (SSSR count). The lowest BCUT2D eigenvalue weighted by atomic mass is 9.82. The molecule has 3 saturated heterocycles. The van der Waals surface area contributed by atoms with Gasteiger partial charge >= 0.3 is 5.97 Å². The number of rotatable bonds is 8. The SMILES string of the molecule is O=C(OC1C[N+]2(CCCc3ccc(I)cc3)CCC1CC2)C(O)(c1ccccc1)c1ccccc1.[Br-]. The van der Waals surface area contributed by atoms with Crippen molar-refractivity contribution in [3.05, 3.63) is 105 Å². The maximum atomic E-state index is 13.7. The summed E-state index contributed by atoms with van der Waals surface area (Å²) in [6.45, 7) is 4.28. The van der Waals surface area contributed by atoms with E-state index in [2.05, 4.69) is 46.9 Å². The molecule has 3 aromatic carbocycles. The van der Waals surface area contributed by atoms with E-state index in [-0.39, 0.29) is 23.1 Å². The lowest BCUT2D eigenvalue weighted by Gasteiger charge is -2.52. The Bertz CT molecular complexity index is 1090. The zero-order chi connectivity index (χ0) is 24.3. The van der Waals surface area contributed by atoms with Crippen molar-refractivity contribution in [2.45, 2.75) is 37.4 Å². The Kier molecular flexibility index (Phi) is 8.92. The first-order valence-electron chi connectivity index (χ1n) is 12.6. The molecule has 0 radical (unpaired) electrons. The number of hydrogen-bond donors (Lipinski definition) is 1. The monoisotopic (exact) mass is 661 g/mol. The molecule has 1 N–H and O–H groups in total. The summed E-state index contributed by atoms with van der Waals surface area (Å²) in [5.41, 5.74) is 0.650. The molecule has 0 aliphatic carbocycles. The Morgan fingerprint density at radius 2 is 1.47 bits per heavy atom. The van der Waals surface area contributed by atoms with Gasteiger partial charge in [0.15, 0.2) is 6.10 Å². The highest BCUT2D eigenvalue weighted by Gasteiger charge is 2.50. The van der Waals surface area contributed by atoms with E-state index in [9.17, 15) is 9.90 Å². The second-order valence-corrected chi connectivity index (χ2v) is 11.4. The number of esters is 1. The molecular formula is C30H33BrINO3. The molecule has 1 atom stereocenters. The minimum atomic E-state index is -1.82. The van der Waals surface area contributed by atoms with Gasteiger partial charge in [-0.1, -0.05) is 72.8 Å². The quantitative estimate of drug-likeness (QED) is 0.229. The molecule has 3 aliphatic rings. The Balaban J connectivity index is 0.00000304. The average molecular weight is 662 g/mol. The van der Waals surface area contributed by atoms with E-state index >= 15 is 0 Å². The standard InChI is InChI=1S/C30H33INO3.BrH/c31-27-15-13-23(14-16-27)8-7-19-32-20-17-24(18-21-32)28(22-32)35-29(33)30(34,25-9-3-1-4-10-25)26-11-5-2-6-12-26;/h1-6,9-16,24,28,34H,7-8,17-22H2;1H/q+1;/p-1. The average Bonchev–Trinajstić information content (AvgIpc) is 2.91. The number of piperidine rings is 3. The molecule has 3 aliphatic heterocycles. The molecule has 0 spiro atoms. The Morgan fingerprint density at radius 3 is 2.03 bits per heavy atom. The van der Waals surface area contributed by atoms with Crippen molar-refractivity contribution in [1.29, 1.82) is 0 Å². The molecule has 0 aromatic heterocycles. The van der Waals surface area contributed by atoms with Gasteiger partial charge in [0, 0.05) is 28.8 Å². The number of benzene rings is 3. The number of halogens is 2. The van der Waals surface area contributed by atoms with Gasteiger partial charge in [-0.15, -0.1) is 0 Å².